The summed E-state index contributed by atoms with van der Waals surface area (Å²) < 4.78 is 0. The van der Waals surface area contributed by atoms with Crippen LogP contribution in [0.25, 0.3) is 11.3 Å². The number of nitrogens with zero attached hydrogens (tertiary/aromatic N) is 2. The molecule has 0 aliphatic heterocycles. The van der Waals surface area contributed by atoms with Crippen LogP contribution in [-0.4, -0.2) is 37.1 Å². The van der Waals surface area contributed by atoms with Crippen LogP contribution in [-0.2, 0) is 6.54 Å². The molecular formula is C15H21N3S. The maximum Gasteiger partial charge on any atom is 0.107 e. The van der Waals surface area contributed by atoms with Gasteiger partial charge < -0.3 is 5.32 Å². The summed E-state index contributed by atoms with van der Waals surface area (Å²) in [6.45, 7) is 3.10. The van der Waals surface area contributed by atoms with E-state index < -0.39 is 0 Å². The van der Waals surface area contributed by atoms with Crippen molar-refractivity contribution in [3.63, 3.8) is 0 Å². The number of rotatable bonds is 7. The molecule has 1 aromatic heterocycles. The fourth-order valence-corrected chi connectivity index (χ4v) is 2.84. The highest BCUT2D eigenvalue weighted by atomic mass is 32.1. The van der Waals surface area contributed by atoms with Crippen LogP contribution >= 0.6 is 11.3 Å². The second kappa shape index (κ2) is 7.38. The molecule has 2 rings (SSSR count). The minimum atomic E-state index is 0.932. The number of nitrogens with one attached hydrogen (secondary N) is 1. The Morgan fingerprint density at radius 1 is 1.26 bits per heavy atom. The number of aromatic nitrogens is 1. The first-order valence-electron chi connectivity index (χ1n) is 6.62. The highest BCUT2D eigenvalue weighted by molar-refractivity contribution is 7.09. The van der Waals surface area contributed by atoms with E-state index in [0.29, 0.717) is 0 Å². The Morgan fingerprint density at radius 3 is 2.79 bits per heavy atom. The quantitative estimate of drug-likeness (QED) is 0.788. The van der Waals surface area contributed by atoms with Crippen molar-refractivity contribution in [2.75, 3.05) is 27.2 Å². The molecule has 0 aliphatic rings. The van der Waals surface area contributed by atoms with E-state index in [2.05, 4.69) is 46.9 Å². The molecule has 2 aromatic rings. The molecule has 0 fully saturated rings. The molecular weight excluding hydrogens is 254 g/mol. The van der Waals surface area contributed by atoms with Crippen molar-refractivity contribution in [2.45, 2.75) is 13.0 Å². The van der Waals surface area contributed by atoms with Gasteiger partial charge in [0.15, 0.2) is 0 Å². The van der Waals surface area contributed by atoms with E-state index >= 15 is 0 Å². The largest absolute Gasteiger partial charge is 0.320 e. The second-order valence-electron chi connectivity index (χ2n) is 4.69. The SMILES string of the molecule is CNCCCN(C)Cc1nc(-c2ccccc2)cs1. The standard InChI is InChI=1S/C15H21N3S/c1-16-9-6-10-18(2)11-15-17-14(12-19-15)13-7-4-3-5-8-13/h3-5,7-8,12,16H,6,9-11H2,1-2H3. The molecule has 0 amide bonds. The van der Waals surface area contributed by atoms with E-state index in [-0.39, 0.29) is 0 Å². The van der Waals surface area contributed by atoms with Crippen molar-refractivity contribution in [3.05, 3.63) is 40.7 Å². The smallest absolute Gasteiger partial charge is 0.107 e. The molecule has 0 radical (unpaired) electrons. The molecule has 3 nitrogen and oxygen atoms in total. The average molecular weight is 275 g/mol. The van der Waals surface area contributed by atoms with Crippen LogP contribution < -0.4 is 5.32 Å². The van der Waals surface area contributed by atoms with Crippen molar-refractivity contribution >= 4 is 11.3 Å². The Morgan fingerprint density at radius 2 is 2.05 bits per heavy atom. The minimum Gasteiger partial charge on any atom is -0.320 e. The van der Waals surface area contributed by atoms with Crippen molar-refractivity contribution in [2.24, 2.45) is 0 Å². The molecule has 1 N–H and O–H groups in total. The fraction of sp³-hybridized carbons (Fsp3) is 0.400. The highest BCUT2D eigenvalue weighted by Crippen LogP contribution is 2.22. The monoisotopic (exact) mass is 275 g/mol. The minimum absolute atomic E-state index is 0.932. The summed E-state index contributed by atoms with van der Waals surface area (Å²) in [5, 5.41) is 6.50. The Kier molecular flexibility index (Phi) is 5.51. The number of benzene rings is 1. The molecule has 0 unspecified atom stereocenters. The number of hydrogen-bond donors (Lipinski definition) is 1. The highest BCUT2D eigenvalue weighted by Gasteiger charge is 2.06. The maximum absolute atomic E-state index is 4.71. The molecule has 0 atom stereocenters. The van der Waals surface area contributed by atoms with Crippen LogP contribution in [0.3, 0.4) is 0 Å². The van der Waals surface area contributed by atoms with E-state index in [0.717, 1.165) is 25.3 Å². The Bertz CT molecular complexity index is 481. The van der Waals surface area contributed by atoms with E-state index in [1.54, 1.807) is 11.3 Å². The van der Waals surface area contributed by atoms with Gasteiger partial charge in [-0.25, -0.2) is 4.98 Å². The molecule has 0 saturated carbocycles. The molecule has 19 heavy (non-hydrogen) atoms. The summed E-state index contributed by atoms with van der Waals surface area (Å²) >= 11 is 1.74. The van der Waals surface area contributed by atoms with Gasteiger partial charge in [-0.15, -0.1) is 11.3 Å². The van der Waals surface area contributed by atoms with Gasteiger partial charge in [-0.05, 0) is 33.6 Å². The van der Waals surface area contributed by atoms with Gasteiger partial charge in [0.05, 0.1) is 12.2 Å². The Labute approximate surface area is 119 Å². The van der Waals surface area contributed by atoms with E-state index in [9.17, 15) is 0 Å². The lowest BCUT2D eigenvalue weighted by Crippen LogP contribution is -2.22. The van der Waals surface area contributed by atoms with Crippen LogP contribution in [0.5, 0.6) is 0 Å². The molecule has 1 aromatic carbocycles. The third kappa shape index (κ3) is 4.42. The van der Waals surface area contributed by atoms with Gasteiger partial charge in [0.25, 0.3) is 0 Å². The molecule has 0 spiro atoms. The maximum atomic E-state index is 4.71. The Balaban J connectivity index is 1.91. The van der Waals surface area contributed by atoms with Crippen LogP contribution in [0.2, 0.25) is 0 Å². The summed E-state index contributed by atoms with van der Waals surface area (Å²) in [6.07, 6.45) is 1.17. The number of hydrogen-bond acceptors (Lipinski definition) is 4. The third-order valence-electron chi connectivity index (χ3n) is 2.99. The summed E-state index contributed by atoms with van der Waals surface area (Å²) in [5.41, 5.74) is 2.28. The van der Waals surface area contributed by atoms with Gasteiger partial charge in [-0.2, -0.15) is 0 Å². The first-order chi connectivity index (χ1) is 9.29. The van der Waals surface area contributed by atoms with Crippen LogP contribution in [0.15, 0.2) is 35.7 Å². The van der Waals surface area contributed by atoms with Gasteiger partial charge in [-0.1, -0.05) is 30.3 Å². The zero-order chi connectivity index (χ0) is 13.5. The van der Waals surface area contributed by atoms with Gasteiger partial charge in [-0.3, -0.25) is 4.90 Å². The molecule has 1 heterocycles. The topological polar surface area (TPSA) is 28.2 Å². The predicted octanol–water partition coefficient (Wildman–Crippen LogP) is 2.85. The summed E-state index contributed by atoms with van der Waals surface area (Å²) in [7, 11) is 4.15. The van der Waals surface area contributed by atoms with E-state index in [1.165, 1.54) is 17.0 Å². The zero-order valence-corrected chi connectivity index (χ0v) is 12.4. The Hall–Kier alpha value is -1.23. The lowest BCUT2D eigenvalue weighted by Gasteiger charge is -2.14. The summed E-state index contributed by atoms with van der Waals surface area (Å²) in [5.74, 6) is 0. The average Bonchev–Trinajstić information content (AvgIpc) is 2.88. The van der Waals surface area contributed by atoms with Gasteiger partial charge in [0.2, 0.25) is 0 Å². The second-order valence-corrected chi connectivity index (χ2v) is 5.63. The van der Waals surface area contributed by atoms with Crippen molar-refractivity contribution < 1.29 is 0 Å². The van der Waals surface area contributed by atoms with Crippen LogP contribution in [0.1, 0.15) is 11.4 Å². The predicted molar refractivity (Wildman–Crippen MR) is 82.4 cm³/mol. The molecule has 0 bridgehead atoms. The molecule has 4 heteroatoms. The van der Waals surface area contributed by atoms with Crippen LogP contribution in [0, 0.1) is 0 Å². The number of thiazole rings is 1. The van der Waals surface area contributed by atoms with Crippen molar-refractivity contribution in [1.82, 2.24) is 15.2 Å². The summed E-state index contributed by atoms with van der Waals surface area (Å²) in [6, 6.07) is 10.4. The lowest BCUT2D eigenvalue weighted by molar-refractivity contribution is 0.320. The van der Waals surface area contributed by atoms with Crippen LogP contribution in [0.4, 0.5) is 0 Å². The van der Waals surface area contributed by atoms with Crippen molar-refractivity contribution in [1.29, 1.82) is 0 Å². The first kappa shape index (κ1) is 14.2. The van der Waals surface area contributed by atoms with Gasteiger partial charge in [0, 0.05) is 10.9 Å². The van der Waals surface area contributed by atoms with Crippen molar-refractivity contribution in [3.8, 4) is 11.3 Å². The summed E-state index contributed by atoms with van der Waals surface area (Å²) in [4.78, 5) is 7.03. The molecule has 0 saturated heterocycles. The van der Waals surface area contributed by atoms with Gasteiger partial charge >= 0.3 is 0 Å². The van der Waals surface area contributed by atoms with E-state index in [1.807, 2.05) is 13.1 Å². The zero-order valence-electron chi connectivity index (χ0n) is 11.6. The molecule has 102 valence electrons. The first-order valence-corrected chi connectivity index (χ1v) is 7.50. The molecule has 0 aliphatic carbocycles. The third-order valence-corrected chi connectivity index (χ3v) is 3.83. The van der Waals surface area contributed by atoms with E-state index in [4.69, 9.17) is 4.98 Å². The lowest BCUT2D eigenvalue weighted by atomic mass is 10.2. The normalized spacial score (nSPS) is 11.1. The van der Waals surface area contributed by atoms with Gasteiger partial charge in [0.1, 0.15) is 5.01 Å². The fourth-order valence-electron chi connectivity index (χ4n) is 1.96.